The summed E-state index contributed by atoms with van der Waals surface area (Å²) in [5.74, 6) is 0.0501. The third-order valence-corrected chi connectivity index (χ3v) is 2.80. The van der Waals surface area contributed by atoms with Gasteiger partial charge in [0.05, 0.1) is 10.7 Å². The van der Waals surface area contributed by atoms with E-state index in [-0.39, 0.29) is 5.91 Å². The van der Waals surface area contributed by atoms with Gasteiger partial charge in [0.2, 0.25) is 0 Å². The lowest BCUT2D eigenvalue weighted by molar-refractivity contribution is 0.102. The number of carbonyl (C=O) groups excluding carboxylic acids is 1. The summed E-state index contributed by atoms with van der Waals surface area (Å²) in [4.78, 5) is 15.9. The van der Waals surface area contributed by atoms with Crippen LogP contribution in [0.25, 0.3) is 0 Å². The van der Waals surface area contributed by atoms with Crippen molar-refractivity contribution in [2.24, 2.45) is 0 Å². The minimum absolute atomic E-state index is 0.326. The van der Waals surface area contributed by atoms with Crippen molar-refractivity contribution in [3.63, 3.8) is 0 Å². The molecule has 3 N–H and O–H groups in total. The van der Waals surface area contributed by atoms with E-state index in [9.17, 15) is 4.79 Å². The molecule has 0 aliphatic carbocycles. The molecule has 2 aromatic rings. The summed E-state index contributed by atoms with van der Waals surface area (Å²) < 4.78 is 0. The van der Waals surface area contributed by atoms with Crippen molar-refractivity contribution in [3.8, 4) is 0 Å². The molecule has 1 heterocycles. The summed E-state index contributed by atoms with van der Waals surface area (Å²) in [7, 11) is 0. The molecule has 2 rings (SSSR count). The normalized spacial score (nSPS) is 10.1. The Morgan fingerprint density at radius 1 is 1.22 bits per heavy atom. The van der Waals surface area contributed by atoms with E-state index in [1.54, 1.807) is 24.3 Å². The first-order valence-corrected chi connectivity index (χ1v) is 5.80. The largest absolute Gasteiger partial charge is 0.398 e. The first kappa shape index (κ1) is 12.7. The van der Waals surface area contributed by atoms with Crippen molar-refractivity contribution < 1.29 is 4.79 Å². The quantitative estimate of drug-likeness (QED) is 0.831. The van der Waals surface area contributed by atoms with Gasteiger partial charge < -0.3 is 11.1 Å². The summed E-state index contributed by atoms with van der Waals surface area (Å²) >= 11 is 11.6. The molecule has 0 spiro atoms. The van der Waals surface area contributed by atoms with Gasteiger partial charge in [0.1, 0.15) is 5.82 Å². The highest BCUT2D eigenvalue weighted by Crippen LogP contribution is 2.20. The van der Waals surface area contributed by atoms with Crippen LogP contribution in [0.5, 0.6) is 0 Å². The van der Waals surface area contributed by atoms with Crippen molar-refractivity contribution in [2.75, 3.05) is 11.1 Å². The molecule has 0 fully saturated rings. The number of hydrogen-bond donors (Lipinski definition) is 2. The van der Waals surface area contributed by atoms with E-state index in [4.69, 9.17) is 28.9 Å². The van der Waals surface area contributed by atoms with E-state index in [0.717, 1.165) is 0 Å². The predicted octanol–water partition coefficient (Wildman–Crippen LogP) is 3.22. The molecule has 0 saturated carbocycles. The smallest absolute Gasteiger partial charge is 0.256 e. The second-order valence-electron chi connectivity index (χ2n) is 3.55. The van der Waals surface area contributed by atoms with Crippen LogP contribution >= 0.6 is 23.2 Å². The van der Waals surface area contributed by atoms with Crippen LogP contribution < -0.4 is 11.1 Å². The Bertz CT molecular complexity index is 602. The van der Waals surface area contributed by atoms with Gasteiger partial charge in [-0.05, 0) is 30.3 Å². The molecule has 0 atom stereocenters. The fourth-order valence-corrected chi connectivity index (χ4v) is 1.62. The molecule has 6 heteroatoms. The van der Waals surface area contributed by atoms with E-state index in [2.05, 4.69) is 10.3 Å². The van der Waals surface area contributed by atoms with Gasteiger partial charge in [0, 0.05) is 16.8 Å². The molecular formula is C12H9Cl2N3O. The number of carbonyl (C=O) groups is 1. The Morgan fingerprint density at radius 3 is 2.67 bits per heavy atom. The van der Waals surface area contributed by atoms with Gasteiger partial charge in [0.15, 0.2) is 0 Å². The van der Waals surface area contributed by atoms with Crippen LogP contribution in [0.1, 0.15) is 10.4 Å². The molecule has 1 aromatic heterocycles. The van der Waals surface area contributed by atoms with Gasteiger partial charge in [-0.15, -0.1) is 0 Å². The monoisotopic (exact) mass is 281 g/mol. The number of rotatable bonds is 2. The summed E-state index contributed by atoms with van der Waals surface area (Å²) in [5.41, 5.74) is 6.38. The number of nitrogens with two attached hydrogens (primary N) is 1. The third-order valence-electron chi connectivity index (χ3n) is 2.22. The molecule has 0 bridgehead atoms. The number of nitrogens with zero attached hydrogens (tertiary/aromatic N) is 1. The lowest BCUT2D eigenvalue weighted by atomic mass is 10.2. The maximum Gasteiger partial charge on any atom is 0.256 e. The molecule has 4 nitrogen and oxygen atoms in total. The Kier molecular flexibility index (Phi) is 3.69. The molecule has 1 amide bonds. The second-order valence-corrected chi connectivity index (χ2v) is 4.39. The van der Waals surface area contributed by atoms with Crippen LogP contribution in [-0.4, -0.2) is 10.9 Å². The standard InChI is InChI=1S/C12H9Cl2N3O/c13-8-3-4-16-11(6-8)17-12(18)7-1-2-9(14)10(15)5-7/h1-6H,15H2,(H,16,17,18). The fourth-order valence-electron chi connectivity index (χ4n) is 1.35. The first-order valence-electron chi connectivity index (χ1n) is 5.04. The first-order chi connectivity index (χ1) is 8.56. The number of aromatic nitrogens is 1. The van der Waals surface area contributed by atoms with Gasteiger partial charge in [-0.2, -0.15) is 0 Å². The average molecular weight is 282 g/mol. The summed E-state index contributed by atoms with van der Waals surface area (Å²) in [6, 6.07) is 7.83. The average Bonchev–Trinajstić information content (AvgIpc) is 2.32. The molecule has 92 valence electrons. The molecule has 0 radical (unpaired) electrons. The number of anilines is 2. The number of nitrogen functional groups attached to an aromatic ring is 1. The summed E-state index contributed by atoms with van der Waals surface area (Å²) in [5, 5.41) is 3.52. The molecular weight excluding hydrogens is 273 g/mol. The fraction of sp³-hybridized carbons (Fsp3) is 0. The van der Waals surface area contributed by atoms with Crippen molar-refractivity contribution in [2.45, 2.75) is 0 Å². The molecule has 0 saturated heterocycles. The van der Waals surface area contributed by atoms with Crippen LogP contribution in [-0.2, 0) is 0 Å². The highest BCUT2D eigenvalue weighted by atomic mass is 35.5. The number of hydrogen-bond acceptors (Lipinski definition) is 3. The topological polar surface area (TPSA) is 68.0 Å². The number of benzene rings is 1. The zero-order chi connectivity index (χ0) is 13.1. The van der Waals surface area contributed by atoms with Crippen LogP contribution in [0.3, 0.4) is 0 Å². The lowest BCUT2D eigenvalue weighted by Crippen LogP contribution is -2.13. The third kappa shape index (κ3) is 2.91. The summed E-state index contributed by atoms with van der Waals surface area (Å²) in [6.07, 6.45) is 1.51. The number of amides is 1. The van der Waals surface area contributed by atoms with Gasteiger partial charge in [0.25, 0.3) is 5.91 Å². The van der Waals surface area contributed by atoms with Crippen molar-refractivity contribution in [1.29, 1.82) is 0 Å². The SMILES string of the molecule is Nc1cc(C(=O)Nc2cc(Cl)ccn2)ccc1Cl. The van der Waals surface area contributed by atoms with Crippen LogP contribution in [0.2, 0.25) is 10.0 Å². The second kappa shape index (κ2) is 5.25. The lowest BCUT2D eigenvalue weighted by Gasteiger charge is -2.06. The molecule has 0 aliphatic rings. The number of halogens is 2. The Morgan fingerprint density at radius 2 is 2.00 bits per heavy atom. The van der Waals surface area contributed by atoms with Crippen molar-refractivity contribution in [1.82, 2.24) is 4.98 Å². The van der Waals surface area contributed by atoms with Crippen LogP contribution in [0.15, 0.2) is 36.5 Å². The number of pyridine rings is 1. The van der Waals surface area contributed by atoms with Crippen LogP contribution in [0.4, 0.5) is 11.5 Å². The molecule has 1 aromatic carbocycles. The Balaban J connectivity index is 2.19. The minimum Gasteiger partial charge on any atom is -0.398 e. The summed E-state index contributed by atoms with van der Waals surface area (Å²) in [6.45, 7) is 0. The van der Waals surface area contributed by atoms with Gasteiger partial charge >= 0.3 is 0 Å². The predicted molar refractivity (Wildman–Crippen MR) is 73.1 cm³/mol. The molecule has 18 heavy (non-hydrogen) atoms. The highest BCUT2D eigenvalue weighted by molar-refractivity contribution is 6.33. The van der Waals surface area contributed by atoms with E-state index < -0.39 is 0 Å². The van der Waals surface area contributed by atoms with Gasteiger partial charge in [-0.25, -0.2) is 4.98 Å². The maximum absolute atomic E-state index is 11.9. The van der Waals surface area contributed by atoms with Gasteiger partial charge in [-0.1, -0.05) is 23.2 Å². The number of nitrogens with one attached hydrogen (secondary N) is 1. The molecule has 0 aliphatic heterocycles. The zero-order valence-corrected chi connectivity index (χ0v) is 10.7. The van der Waals surface area contributed by atoms with E-state index in [0.29, 0.717) is 27.1 Å². The molecule has 0 unspecified atom stereocenters. The van der Waals surface area contributed by atoms with E-state index in [1.807, 2.05) is 0 Å². The van der Waals surface area contributed by atoms with Crippen molar-refractivity contribution >= 4 is 40.6 Å². The van der Waals surface area contributed by atoms with Crippen molar-refractivity contribution in [3.05, 3.63) is 52.1 Å². The highest BCUT2D eigenvalue weighted by Gasteiger charge is 2.08. The van der Waals surface area contributed by atoms with Crippen LogP contribution in [0, 0.1) is 0 Å². The zero-order valence-electron chi connectivity index (χ0n) is 9.15. The van der Waals surface area contributed by atoms with Gasteiger partial charge in [-0.3, -0.25) is 4.79 Å². The van der Waals surface area contributed by atoms with E-state index in [1.165, 1.54) is 12.3 Å². The Hall–Kier alpha value is -1.78. The minimum atomic E-state index is -0.326. The maximum atomic E-state index is 11.9. The Labute approximate surface area is 114 Å². The van der Waals surface area contributed by atoms with E-state index >= 15 is 0 Å².